The molecule has 0 bridgehead atoms. The van der Waals surface area contributed by atoms with E-state index in [9.17, 15) is 14.7 Å². The third-order valence-electron chi connectivity index (χ3n) is 4.91. The van der Waals surface area contributed by atoms with Crippen LogP contribution in [0.1, 0.15) is 27.2 Å². The van der Waals surface area contributed by atoms with Gasteiger partial charge in [0.15, 0.2) is 0 Å². The molecule has 29 heavy (non-hydrogen) atoms. The topological polar surface area (TPSA) is 59.3 Å². The number of ketones is 1. The van der Waals surface area contributed by atoms with Crippen molar-refractivity contribution in [1.82, 2.24) is 4.57 Å². The summed E-state index contributed by atoms with van der Waals surface area (Å²) in [5.74, 6) is -1.14. The van der Waals surface area contributed by atoms with Gasteiger partial charge in [-0.1, -0.05) is 64.5 Å². The molecule has 0 radical (unpaired) electrons. The van der Waals surface area contributed by atoms with Gasteiger partial charge in [-0.15, -0.1) is 0 Å². The van der Waals surface area contributed by atoms with E-state index in [1.54, 1.807) is 12.1 Å². The van der Waals surface area contributed by atoms with E-state index in [2.05, 4.69) is 15.9 Å². The number of carboxylic acid groups (broad SMARTS) is 1. The molecule has 5 heteroatoms. The number of nitrogens with zero attached hydrogens (tertiary/aromatic N) is 1. The van der Waals surface area contributed by atoms with Crippen LogP contribution in [0.25, 0.3) is 10.9 Å². The molecule has 144 valence electrons. The maximum Gasteiger partial charge on any atom is 0.307 e. The molecule has 0 saturated heterocycles. The number of rotatable bonds is 6. The molecule has 3 aromatic carbocycles. The predicted octanol–water partition coefficient (Wildman–Crippen LogP) is 5.31. The second-order valence-electron chi connectivity index (χ2n) is 6.82. The van der Waals surface area contributed by atoms with Crippen LogP contribution in [-0.4, -0.2) is 21.4 Å². The number of fused-ring (bicyclic) bond motifs is 1. The maximum absolute atomic E-state index is 13.5. The molecule has 0 amide bonds. The Hall–Kier alpha value is -3.18. The van der Waals surface area contributed by atoms with Crippen LogP contribution in [0.15, 0.2) is 83.3 Å². The van der Waals surface area contributed by atoms with E-state index in [4.69, 9.17) is 0 Å². The Bertz CT molecular complexity index is 1190. The summed E-state index contributed by atoms with van der Waals surface area (Å²) in [5.41, 5.74) is 3.40. The van der Waals surface area contributed by atoms with E-state index in [1.807, 2.05) is 71.3 Å². The standard InChI is InChI=1S/C24H18BrNO3/c25-18-12-10-17(11-13-18)24(29)23-20(14-22(27)28)19-8-4-5-9-21(19)26(23)15-16-6-2-1-3-7-16/h1-13H,14-15H2,(H,27,28). The van der Waals surface area contributed by atoms with E-state index in [1.165, 1.54) is 0 Å². The summed E-state index contributed by atoms with van der Waals surface area (Å²) >= 11 is 3.39. The third-order valence-corrected chi connectivity index (χ3v) is 5.44. The van der Waals surface area contributed by atoms with Crippen molar-refractivity contribution in [1.29, 1.82) is 0 Å². The van der Waals surface area contributed by atoms with Crippen LogP contribution in [0, 0.1) is 0 Å². The molecule has 0 fully saturated rings. The molecule has 0 saturated carbocycles. The van der Waals surface area contributed by atoms with Gasteiger partial charge < -0.3 is 9.67 Å². The Morgan fingerprint density at radius 2 is 1.52 bits per heavy atom. The lowest BCUT2D eigenvalue weighted by molar-refractivity contribution is -0.136. The number of para-hydroxylation sites is 1. The number of aliphatic carboxylic acids is 1. The van der Waals surface area contributed by atoms with Crippen molar-refractivity contribution < 1.29 is 14.7 Å². The van der Waals surface area contributed by atoms with Crippen molar-refractivity contribution in [2.75, 3.05) is 0 Å². The average molecular weight is 448 g/mol. The monoisotopic (exact) mass is 447 g/mol. The molecule has 1 aromatic heterocycles. The number of halogens is 1. The minimum atomic E-state index is -0.961. The van der Waals surface area contributed by atoms with Crippen molar-refractivity contribution in [3.8, 4) is 0 Å². The summed E-state index contributed by atoms with van der Waals surface area (Å²) in [6.07, 6.45) is -0.208. The molecule has 0 spiro atoms. The predicted molar refractivity (Wildman–Crippen MR) is 116 cm³/mol. The number of carboxylic acids is 1. The molecule has 0 aliphatic rings. The first-order valence-electron chi connectivity index (χ1n) is 9.20. The van der Waals surface area contributed by atoms with E-state index in [0.29, 0.717) is 23.4 Å². The van der Waals surface area contributed by atoms with Crippen LogP contribution < -0.4 is 0 Å². The molecule has 4 nitrogen and oxygen atoms in total. The number of hydrogen-bond donors (Lipinski definition) is 1. The van der Waals surface area contributed by atoms with Gasteiger partial charge in [0, 0.05) is 33.0 Å². The highest BCUT2D eigenvalue weighted by atomic mass is 79.9. The second-order valence-corrected chi connectivity index (χ2v) is 7.74. The smallest absolute Gasteiger partial charge is 0.307 e. The van der Waals surface area contributed by atoms with Gasteiger partial charge in [-0.05, 0) is 35.9 Å². The van der Waals surface area contributed by atoms with Gasteiger partial charge in [-0.2, -0.15) is 0 Å². The first-order valence-corrected chi connectivity index (χ1v) is 10.00. The Morgan fingerprint density at radius 1 is 0.862 bits per heavy atom. The summed E-state index contributed by atoms with van der Waals surface area (Å²) < 4.78 is 2.82. The quantitative estimate of drug-likeness (QED) is 0.407. The molecular formula is C24H18BrNO3. The molecule has 1 heterocycles. The van der Waals surface area contributed by atoms with Gasteiger partial charge >= 0.3 is 5.97 Å². The first kappa shape index (κ1) is 19.2. The molecule has 0 aliphatic carbocycles. The molecule has 0 aliphatic heterocycles. The highest BCUT2D eigenvalue weighted by molar-refractivity contribution is 9.10. The van der Waals surface area contributed by atoms with Crippen LogP contribution in [0.2, 0.25) is 0 Å². The van der Waals surface area contributed by atoms with Gasteiger partial charge in [0.1, 0.15) is 0 Å². The number of carbonyl (C=O) groups excluding carboxylic acids is 1. The van der Waals surface area contributed by atoms with Crippen LogP contribution in [0.3, 0.4) is 0 Å². The lowest BCUT2D eigenvalue weighted by atomic mass is 10.0. The number of aromatic nitrogens is 1. The molecule has 1 N–H and O–H groups in total. The van der Waals surface area contributed by atoms with Gasteiger partial charge in [-0.25, -0.2) is 0 Å². The molecule has 4 aromatic rings. The Morgan fingerprint density at radius 3 is 2.21 bits per heavy atom. The number of hydrogen-bond acceptors (Lipinski definition) is 2. The van der Waals surface area contributed by atoms with E-state index < -0.39 is 5.97 Å². The van der Waals surface area contributed by atoms with Gasteiger partial charge in [0.25, 0.3) is 0 Å². The zero-order valence-electron chi connectivity index (χ0n) is 15.5. The zero-order valence-corrected chi connectivity index (χ0v) is 17.1. The van der Waals surface area contributed by atoms with Gasteiger partial charge in [0.05, 0.1) is 12.1 Å². The summed E-state index contributed by atoms with van der Waals surface area (Å²) in [6.45, 7) is 0.485. The van der Waals surface area contributed by atoms with Crippen molar-refractivity contribution in [3.05, 3.63) is 106 Å². The van der Waals surface area contributed by atoms with Crippen LogP contribution in [0.4, 0.5) is 0 Å². The minimum absolute atomic E-state index is 0.180. The van der Waals surface area contributed by atoms with Crippen LogP contribution in [-0.2, 0) is 17.8 Å². The summed E-state index contributed by atoms with van der Waals surface area (Å²) in [6, 6.07) is 24.6. The third kappa shape index (κ3) is 3.87. The highest BCUT2D eigenvalue weighted by Gasteiger charge is 2.25. The normalized spacial score (nSPS) is 10.9. The molecule has 0 unspecified atom stereocenters. The Labute approximate surface area is 176 Å². The molecule has 4 rings (SSSR count). The van der Waals surface area contributed by atoms with E-state index >= 15 is 0 Å². The van der Waals surface area contributed by atoms with Crippen molar-refractivity contribution in [2.24, 2.45) is 0 Å². The van der Waals surface area contributed by atoms with Gasteiger partial charge in [0.2, 0.25) is 5.78 Å². The highest BCUT2D eigenvalue weighted by Crippen LogP contribution is 2.30. The molecule has 0 atom stereocenters. The zero-order chi connectivity index (χ0) is 20.4. The fourth-order valence-electron chi connectivity index (χ4n) is 3.63. The number of carbonyl (C=O) groups is 2. The van der Waals surface area contributed by atoms with Crippen molar-refractivity contribution >= 4 is 38.6 Å². The largest absolute Gasteiger partial charge is 0.481 e. The SMILES string of the molecule is O=C(O)Cc1c(C(=O)c2ccc(Br)cc2)n(Cc2ccccc2)c2ccccc12. The average Bonchev–Trinajstić information content (AvgIpc) is 3.02. The fourth-order valence-corrected chi connectivity index (χ4v) is 3.90. The van der Waals surface area contributed by atoms with E-state index in [-0.39, 0.29) is 12.2 Å². The maximum atomic E-state index is 13.5. The van der Waals surface area contributed by atoms with Crippen molar-refractivity contribution in [2.45, 2.75) is 13.0 Å². The summed E-state index contributed by atoms with van der Waals surface area (Å²) in [4.78, 5) is 25.1. The Balaban J connectivity index is 1.96. The lowest BCUT2D eigenvalue weighted by Crippen LogP contribution is -2.14. The molecular weight excluding hydrogens is 430 g/mol. The van der Waals surface area contributed by atoms with Crippen LogP contribution in [0.5, 0.6) is 0 Å². The second kappa shape index (κ2) is 8.05. The van der Waals surface area contributed by atoms with Gasteiger partial charge in [-0.3, -0.25) is 9.59 Å². The summed E-state index contributed by atoms with van der Waals surface area (Å²) in [5, 5.41) is 10.3. The Kier molecular flexibility index (Phi) is 5.32. The first-order chi connectivity index (χ1) is 14.0. The fraction of sp³-hybridized carbons (Fsp3) is 0.0833. The minimum Gasteiger partial charge on any atom is -0.481 e. The summed E-state index contributed by atoms with van der Waals surface area (Å²) in [7, 11) is 0. The lowest BCUT2D eigenvalue weighted by Gasteiger charge is -2.12. The van der Waals surface area contributed by atoms with E-state index in [0.717, 1.165) is 20.9 Å². The number of benzene rings is 3. The van der Waals surface area contributed by atoms with Crippen molar-refractivity contribution in [3.63, 3.8) is 0 Å². The van der Waals surface area contributed by atoms with Crippen LogP contribution >= 0.6 is 15.9 Å².